The molecule has 1 aliphatic rings. The van der Waals surface area contributed by atoms with Crippen molar-refractivity contribution in [1.29, 1.82) is 0 Å². The Morgan fingerprint density at radius 1 is 1.15 bits per heavy atom. The summed E-state index contributed by atoms with van der Waals surface area (Å²) in [5.74, 6) is 0.167. The molecule has 1 saturated heterocycles. The number of carbonyl (C=O) groups excluding carboxylic acids is 1. The van der Waals surface area contributed by atoms with Crippen molar-refractivity contribution in [3.8, 4) is 0 Å². The lowest BCUT2D eigenvalue weighted by Crippen LogP contribution is -2.48. The van der Waals surface area contributed by atoms with Gasteiger partial charge in [-0.05, 0) is 25.1 Å². The number of benzene rings is 1. The van der Waals surface area contributed by atoms with Crippen LogP contribution in [0.2, 0.25) is 0 Å². The molecule has 0 radical (unpaired) electrons. The van der Waals surface area contributed by atoms with Gasteiger partial charge in [0.1, 0.15) is 0 Å². The van der Waals surface area contributed by atoms with Crippen LogP contribution in [0.5, 0.6) is 0 Å². The molecule has 1 fully saturated rings. The fourth-order valence-electron chi connectivity index (χ4n) is 2.78. The molecule has 4 heteroatoms. The van der Waals surface area contributed by atoms with Gasteiger partial charge in [-0.2, -0.15) is 0 Å². The van der Waals surface area contributed by atoms with Crippen LogP contribution in [0.4, 0.5) is 5.69 Å². The van der Waals surface area contributed by atoms with Crippen LogP contribution < -0.4 is 4.90 Å². The van der Waals surface area contributed by atoms with Crippen LogP contribution in [0.15, 0.2) is 30.5 Å². The van der Waals surface area contributed by atoms with Gasteiger partial charge in [0.25, 0.3) is 0 Å². The first-order chi connectivity index (χ1) is 9.65. The Kier molecular flexibility index (Phi) is 3.30. The largest absolute Gasteiger partial charge is 0.367 e. The van der Waals surface area contributed by atoms with Crippen molar-refractivity contribution in [2.24, 2.45) is 0 Å². The van der Waals surface area contributed by atoms with E-state index in [1.165, 1.54) is 16.6 Å². The van der Waals surface area contributed by atoms with E-state index in [4.69, 9.17) is 0 Å². The van der Waals surface area contributed by atoms with E-state index in [0.29, 0.717) is 0 Å². The Hall–Kier alpha value is -2.10. The normalized spacial score (nSPS) is 15.7. The highest BCUT2D eigenvalue weighted by Gasteiger charge is 2.20. The molecule has 0 unspecified atom stereocenters. The standard InChI is InChI=1S/C16H19N3O/c1-12-3-4-15-14(11-12)16(5-6-17-15)19-9-7-18(8-10-19)13(2)20/h3-6,11H,7-10H2,1-2H3. The highest BCUT2D eigenvalue weighted by atomic mass is 16.2. The summed E-state index contributed by atoms with van der Waals surface area (Å²) >= 11 is 0. The van der Waals surface area contributed by atoms with E-state index in [0.717, 1.165) is 31.7 Å². The lowest BCUT2D eigenvalue weighted by Gasteiger charge is -2.36. The number of piperazine rings is 1. The fourth-order valence-corrected chi connectivity index (χ4v) is 2.78. The Labute approximate surface area is 119 Å². The van der Waals surface area contributed by atoms with Crippen LogP contribution in [0, 0.1) is 6.92 Å². The first kappa shape index (κ1) is 12.9. The molecule has 0 saturated carbocycles. The first-order valence-corrected chi connectivity index (χ1v) is 7.01. The minimum Gasteiger partial charge on any atom is -0.367 e. The molecular formula is C16H19N3O. The van der Waals surface area contributed by atoms with Gasteiger partial charge in [0, 0.05) is 50.4 Å². The van der Waals surface area contributed by atoms with E-state index >= 15 is 0 Å². The zero-order valence-electron chi connectivity index (χ0n) is 12.0. The molecule has 4 nitrogen and oxygen atoms in total. The van der Waals surface area contributed by atoms with Crippen LogP contribution >= 0.6 is 0 Å². The van der Waals surface area contributed by atoms with Crippen LogP contribution in [0.3, 0.4) is 0 Å². The molecule has 20 heavy (non-hydrogen) atoms. The molecule has 2 aromatic rings. The van der Waals surface area contributed by atoms with Crippen molar-refractivity contribution in [2.45, 2.75) is 13.8 Å². The number of hydrogen-bond donors (Lipinski definition) is 0. The summed E-state index contributed by atoms with van der Waals surface area (Å²) in [5.41, 5.74) is 3.50. The van der Waals surface area contributed by atoms with Gasteiger partial charge in [-0.25, -0.2) is 0 Å². The average molecular weight is 269 g/mol. The second-order valence-electron chi connectivity index (χ2n) is 5.34. The molecule has 1 aromatic carbocycles. The van der Waals surface area contributed by atoms with E-state index < -0.39 is 0 Å². The topological polar surface area (TPSA) is 36.4 Å². The lowest BCUT2D eigenvalue weighted by atomic mass is 10.1. The summed E-state index contributed by atoms with van der Waals surface area (Å²) in [7, 11) is 0. The number of pyridine rings is 1. The number of rotatable bonds is 1. The van der Waals surface area contributed by atoms with Crippen molar-refractivity contribution in [1.82, 2.24) is 9.88 Å². The third-order valence-corrected chi connectivity index (χ3v) is 3.94. The van der Waals surface area contributed by atoms with E-state index in [9.17, 15) is 4.79 Å². The van der Waals surface area contributed by atoms with Gasteiger partial charge in [0.05, 0.1) is 5.52 Å². The highest BCUT2D eigenvalue weighted by Crippen LogP contribution is 2.27. The first-order valence-electron chi connectivity index (χ1n) is 7.01. The molecule has 1 aromatic heterocycles. The number of nitrogens with zero attached hydrogens (tertiary/aromatic N) is 3. The molecule has 104 valence electrons. The quantitative estimate of drug-likeness (QED) is 0.796. The van der Waals surface area contributed by atoms with Crippen molar-refractivity contribution in [3.05, 3.63) is 36.0 Å². The minimum atomic E-state index is 0.167. The molecular weight excluding hydrogens is 250 g/mol. The second-order valence-corrected chi connectivity index (χ2v) is 5.34. The third-order valence-electron chi connectivity index (χ3n) is 3.94. The van der Waals surface area contributed by atoms with Crippen LogP contribution in [-0.4, -0.2) is 42.0 Å². The van der Waals surface area contributed by atoms with Gasteiger partial charge in [0.15, 0.2) is 0 Å². The second kappa shape index (κ2) is 5.12. The number of aromatic nitrogens is 1. The summed E-state index contributed by atoms with van der Waals surface area (Å²) in [6.07, 6.45) is 1.87. The Bertz CT molecular complexity index is 645. The maximum atomic E-state index is 11.4. The van der Waals surface area contributed by atoms with E-state index in [1.54, 1.807) is 6.92 Å². The molecule has 2 heterocycles. The van der Waals surface area contributed by atoms with E-state index in [-0.39, 0.29) is 5.91 Å². The fraction of sp³-hybridized carbons (Fsp3) is 0.375. The zero-order valence-corrected chi connectivity index (χ0v) is 12.0. The van der Waals surface area contributed by atoms with Crippen molar-refractivity contribution in [2.75, 3.05) is 31.1 Å². The Balaban J connectivity index is 1.91. The van der Waals surface area contributed by atoms with Gasteiger partial charge < -0.3 is 9.80 Å². The van der Waals surface area contributed by atoms with Crippen molar-refractivity contribution < 1.29 is 4.79 Å². The number of anilines is 1. The molecule has 0 N–H and O–H groups in total. The van der Waals surface area contributed by atoms with Crippen LogP contribution in [0.1, 0.15) is 12.5 Å². The van der Waals surface area contributed by atoms with Crippen molar-refractivity contribution in [3.63, 3.8) is 0 Å². The smallest absolute Gasteiger partial charge is 0.219 e. The summed E-state index contributed by atoms with van der Waals surface area (Å²) in [5, 5.41) is 1.20. The number of aryl methyl sites for hydroxylation is 1. The van der Waals surface area contributed by atoms with Gasteiger partial charge in [-0.15, -0.1) is 0 Å². The summed E-state index contributed by atoms with van der Waals surface area (Å²) in [6.45, 7) is 7.10. The summed E-state index contributed by atoms with van der Waals surface area (Å²) in [6, 6.07) is 8.42. The molecule has 1 aliphatic heterocycles. The summed E-state index contributed by atoms with van der Waals surface area (Å²) < 4.78 is 0. The molecule has 0 bridgehead atoms. The molecule has 3 rings (SSSR count). The average Bonchev–Trinajstić information content (AvgIpc) is 2.46. The Morgan fingerprint density at radius 3 is 2.60 bits per heavy atom. The number of carbonyl (C=O) groups is 1. The Morgan fingerprint density at radius 2 is 1.90 bits per heavy atom. The van der Waals surface area contributed by atoms with Crippen LogP contribution in [0.25, 0.3) is 10.9 Å². The number of hydrogen-bond acceptors (Lipinski definition) is 3. The predicted molar refractivity (Wildman–Crippen MR) is 80.9 cm³/mol. The predicted octanol–water partition coefficient (Wildman–Crippen LogP) is 2.21. The highest BCUT2D eigenvalue weighted by molar-refractivity contribution is 5.92. The van der Waals surface area contributed by atoms with Crippen LogP contribution in [-0.2, 0) is 4.79 Å². The maximum absolute atomic E-state index is 11.4. The maximum Gasteiger partial charge on any atom is 0.219 e. The molecule has 0 spiro atoms. The lowest BCUT2D eigenvalue weighted by molar-refractivity contribution is -0.129. The SMILES string of the molecule is CC(=O)N1CCN(c2ccnc3ccc(C)cc23)CC1. The zero-order chi connectivity index (χ0) is 14.1. The molecule has 1 amide bonds. The number of amides is 1. The van der Waals surface area contributed by atoms with Crippen molar-refractivity contribution >= 4 is 22.5 Å². The van der Waals surface area contributed by atoms with E-state index in [1.807, 2.05) is 11.1 Å². The minimum absolute atomic E-state index is 0.167. The summed E-state index contributed by atoms with van der Waals surface area (Å²) in [4.78, 5) is 20.1. The molecule has 0 atom stereocenters. The van der Waals surface area contributed by atoms with Gasteiger partial charge in [-0.3, -0.25) is 9.78 Å². The van der Waals surface area contributed by atoms with E-state index in [2.05, 4.69) is 41.1 Å². The van der Waals surface area contributed by atoms with Gasteiger partial charge in [-0.1, -0.05) is 11.6 Å². The third kappa shape index (κ3) is 2.33. The number of fused-ring (bicyclic) bond motifs is 1. The van der Waals surface area contributed by atoms with Gasteiger partial charge in [0.2, 0.25) is 5.91 Å². The monoisotopic (exact) mass is 269 g/mol. The van der Waals surface area contributed by atoms with Gasteiger partial charge >= 0.3 is 0 Å². The molecule has 0 aliphatic carbocycles.